The Morgan fingerprint density at radius 1 is 1.26 bits per heavy atom. The molecule has 1 saturated carbocycles. The minimum atomic E-state index is 0. The Hall–Kier alpha value is -0.280. The third kappa shape index (κ3) is 2.92. The van der Waals surface area contributed by atoms with Gasteiger partial charge in [0.15, 0.2) is 0 Å². The van der Waals surface area contributed by atoms with Crippen LogP contribution in [-0.2, 0) is 4.79 Å². The van der Waals surface area contributed by atoms with Crippen molar-refractivity contribution < 1.29 is 4.79 Å². The maximum Gasteiger partial charge on any atom is 0.224 e. The highest BCUT2D eigenvalue weighted by Gasteiger charge is 2.68. The van der Waals surface area contributed by atoms with Gasteiger partial charge in [0.05, 0.1) is 0 Å². The Morgan fingerprint density at radius 2 is 1.84 bits per heavy atom. The first-order chi connectivity index (χ1) is 8.28. The second kappa shape index (κ2) is 5.61. The van der Waals surface area contributed by atoms with Crippen LogP contribution in [0.5, 0.6) is 0 Å². The van der Waals surface area contributed by atoms with Gasteiger partial charge in [-0.3, -0.25) is 4.79 Å². The molecule has 0 radical (unpaired) electrons. The molecular weight excluding hydrogens is 260 g/mol. The fourth-order valence-electron chi connectivity index (χ4n) is 3.58. The Kier molecular flexibility index (Phi) is 4.95. The quantitative estimate of drug-likeness (QED) is 0.838. The van der Waals surface area contributed by atoms with Gasteiger partial charge in [0.1, 0.15) is 0 Å². The van der Waals surface area contributed by atoms with Crippen molar-refractivity contribution in [3.05, 3.63) is 0 Å². The van der Waals surface area contributed by atoms with Gasteiger partial charge in [-0.25, -0.2) is 0 Å². The van der Waals surface area contributed by atoms with Crippen LogP contribution in [0.4, 0.5) is 0 Å². The topological polar surface area (TPSA) is 41.1 Å². The van der Waals surface area contributed by atoms with Crippen LogP contribution in [0.15, 0.2) is 0 Å². The number of hydrogen-bond donors (Lipinski definition) is 2. The second-order valence-electron chi connectivity index (χ2n) is 7.28. The highest BCUT2D eigenvalue weighted by atomic mass is 35.5. The molecule has 0 aromatic rings. The van der Waals surface area contributed by atoms with E-state index in [1.54, 1.807) is 0 Å². The molecule has 1 heterocycles. The highest BCUT2D eigenvalue weighted by molar-refractivity contribution is 5.85. The van der Waals surface area contributed by atoms with Crippen LogP contribution in [0, 0.1) is 22.7 Å². The van der Waals surface area contributed by atoms with Crippen LogP contribution in [0.2, 0.25) is 0 Å². The van der Waals surface area contributed by atoms with Gasteiger partial charge >= 0.3 is 0 Å². The molecule has 19 heavy (non-hydrogen) atoms. The van der Waals surface area contributed by atoms with Gasteiger partial charge in [-0.05, 0) is 49.6 Å². The first-order valence-electron chi connectivity index (χ1n) is 7.29. The molecule has 3 nitrogen and oxygen atoms in total. The lowest BCUT2D eigenvalue weighted by Gasteiger charge is -2.29. The van der Waals surface area contributed by atoms with Crippen LogP contribution < -0.4 is 10.6 Å². The van der Waals surface area contributed by atoms with E-state index in [0.29, 0.717) is 5.92 Å². The van der Waals surface area contributed by atoms with E-state index in [0.717, 1.165) is 13.1 Å². The molecule has 1 amide bonds. The SMILES string of the molecule is CC(NC(=O)C1C(C)(C)C1(C)C)C1CCCNC1.Cl. The summed E-state index contributed by atoms with van der Waals surface area (Å²) in [4.78, 5) is 12.4. The zero-order valence-electron chi connectivity index (χ0n) is 12.9. The number of nitrogens with one attached hydrogen (secondary N) is 2. The molecular formula is C15H29ClN2O. The Morgan fingerprint density at radius 3 is 2.26 bits per heavy atom. The highest BCUT2D eigenvalue weighted by Crippen LogP contribution is 2.68. The Balaban J connectivity index is 0.00000180. The molecule has 2 aliphatic rings. The molecule has 4 heteroatoms. The van der Waals surface area contributed by atoms with Crippen molar-refractivity contribution in [2.75, 3.05) is 13.1 Å². The lowest BCUT2D eigenvalue weighted by atomic mass is 9.92. The van der Waals surface area contributed by atoms with Crippen LogP contribution in [0.25, 0.3) is 0 Å². The van der Waals surface area contributed by atoms with Crippen molar-refractivity contribution in [1.82, 2.24) is 10.6 Å². The predicted octanol–water partition coefficient (Wildman–Crippen LogP) is 2.59. The molecule has 0 spiro atoms. The smallest absolute Gasteiger partial charge is 0.224 e. The normalized spacial score (nSPS) is 30.1. The van der Waals surface area contributed by atoms with Crippen molar-refractivity contribution in [1.29, 1.82) is 0 Å². The zero-order chi connectivity index (χ0) is 13.6. The number of carbonyl (C=O) groups is 1. The average Bonchev–Trinajstić information content (AvgIpc) is 2.70. The monoisotopic (exact) mass is 288 g/mol. The van der Waals surface area contributed by atoms with Crippen molar-refractivity contribution in [3.8, 4) is 0 Å². The number of rotatable bonds is 3. The first kappa shape index (κ1) is 16.8. The van der Waals surface area contributed by atoms with Gasteiger partial charge in [0, 0.05) is 12.0 Å². The molecule has 2 rings (SSSR count). The number of halogens is 1. The Labute approximate surface area is 123 Å². The molecule has 2 N–H and O–H groups in total. The van der Waals surface area contributed by atoms with Crippen molar-refractivity contribution in [2.24, 2.45) is 22.7 Å². The molecule has 1 saturated heterocycles. The summed E-state index contributed by atoms with van der Waals surface area (Å²) in [7, 11) is 0. The maximum absolute atomic E-state index is 12.4. The lowest BCUT2D eigenvalue weighted by Crippen LogP contribution is -2.45. The average molecular weight is 289 g/mol. The van der Waals surface area contributed by atoms with Crippen LogP contribution >= 0.6 is 12.4 Å². The summed E-state index contributed by atoms with van der Waals surface area (Å²) >= 11 is 0. The number of carbonyl (C=O) groups excluding carboxylic acids is 1. The molecule has 0 aromatic carbocycles. The minimum Gasteiger partial charge on any atom is -0.353 e. The van der Waals surface area contributed by atoms with Crippen molar-refractivity contribution in [2.45, 2.75) is 53.5 Å². The first-order valence-corrected chi connectivity index (χ1v) is 7.29. The molecule has 2 fully saturated rings. The van der Waals surface area contributed by atoms with Gasteiger partial charge in [0.2, 0.25) is 5.91 Å². The summed E-state index contributed by atoms with van der Waals surface area (Å²) in [6.45, 7) is 13.1. The largest absolute Gasteiger partial charge is 0.353 e. The fourth-order valence-corrected chi connectivity index (χ4v) is 3.58. The van der Waals surface area contributed by atoms with Crippen molar-refractivity contribution >= 4 is 18.3 Å². The molecule has 0 bridgehead atoms. The standard InChI is InChI=1S/C15H28N2O.ClH/c1-10(11-7-6-8-16-9-11)17-13(18)12-14(2,3)15(12,4)5;/h10-12,16H,6-9H2,1-5H3,(H,17,18);1H. The van der Waals surface area contributed by atoms with E-state index in [4.69, 9.17) is 0 Å². The van der Waals surface area contributed by atoms with Gasteiger partial charge in [0.25, 0.3) is 0 Å². The van der Waals surface area contributed by atoms with E-state index < -0.39 is 0 Å². The van der Waals surface area contributed by atoms with E-state index in [1.165, 1.54) is 12.8 Å². The van der Waals surface area contributed by atoms with E-state index >= 15 is 0 Å². The Bertz CT molecular complexity index is 321. The minimum absolute atomic E-state index is 0. The third-order valence-electron chi connectivity index (χ3n) is 5.69. The van der Waals surface area contributed by atoms with E-state index in [9.17, 15) is 4.79 Å². The van der Waals surface area contributed by atoms with E-state index in [-0.39, 0.29) is 41.1 Å². The van der Waals surface area contributed by atoms with Crippen LogP contribution in [0.1, 0.15) is 47.5 Å². The van der Waals surface area contributed by atoms with Gasteiger partial charge in [-0.15, -0.1) is 12.4 Å². The molecule has 1 aliphatic carbocycles. The van der Waals surface area contributed by atoms with E-state index in [2.05, 4.69) is 45.3 Å². The summed E-state index contributed by atoms with van der Waals surface area (Å²) in [5.41, 5.74) is 0.281. The van der Waals surface area contributed by atoms with Gasteiger partial charge < -0.3 is 10.6 Å². The zero-order valence-corrected chi connectivity index (χ0v) is 13.7. The third-order valence-corrected chi connectivity index (χ3v) is 5.69. The van der Waals surface area contributed by atoms with Crippen LogP contribution in [0.3, 0.4) is 0 Å². The molecule has 1 aliphatic heterocycles. The fraction of sp³-hybridized carbons (Fsp3) is 0.933. The van der Waals surface area contributed by atoms with E-state index in [1.807, 2.05) is 0 Å². The van der Waals surface area contributed by atoms with Gasteiger partial charge in [-0.1, -0.05) is 27.7 Å². The summed E-state index contributed by atoms with van der Waals surface area (Å²) in [5.74, 6) is 1.01. The summed E-state index contributed by atoms with van der Waals surface area (Å²) in [5, 5.41) is 6.66. The molecule has 2 unspecified atom stereocenters. The number of amides is 1. The number of hydrogen-bond acceptors (Lipinski definition) is 2. The molecule has 2 atom stereocenters. The van der Waals surface area contributed by atoms with Gasteiger partial charge in [-0.2, -0.15) is 0 Å². The number of piperidine rings is 1. The second-order valence-corrected chi connectivity index (χ2v) is 7.28. The molecule has 112 valence electrons. The summed E-state index contributed by atoms with van der Waals surface area (Å²) in [6.07, 6.45) is 2.46. The summed E-state index contributed by atoms with van der Waals surface area (Å²) < 4.78 is 0. The molecule has 0 aromatic heterocycles. The predicted molar refractivity (Wildman–Crippen MR) is 81.5 cm³/mol. The maximum atomic E-state index is 12.4. The summed E-state index contributed by atoms with van der Waals surface area (Å²) in [6, 6.07) is 0.289. The van der Waals surface area contributed by atoms with Crippen molar-refractivity contribution in [3.63, 3.8) is 0 Å². The van der Waals surface area contributed by atoms with Crippen LogP contribution in [-0.4, -0.2) is 25.0 Å². The lowest BCUT2D eigenvalue weighted by molar-refractivity contribution is -0.124.